The van der Waals surface area contributed by atoms with E-state index in [0.717, 1.165) is 24.4 Å². The molecule has 0 radical (unpaired) electrons. The summed E-state index contributed by atoms with van der Waals surface area (Å²) in [4.78, 5) is 4.61. The quantitative estimate of drug-likeness (QED) is 0.913. The molecule has 1 N–H and O–H groups in total. The van der Waals surface area contributed by atoms with Crippen LogP contribution in [0, 0.1) is 0 Å². The van der Waals surface area contributed by atoms with Gasteiger partial charge in [0, 0.05) is 11.4 Å². The van der Waals surface area contributed by atoms with Gasteiger partial charge in [-0.15, -0.1) is 0 Å². The van der Waals surface area contributed by atoms with Gasteiger partial charge in [0.25, 0.3) is 0 Å². The van der Waals surface area contributed by atoms with Crippen molar-refractivity contribution < 1.29 is 4.74 Å². The highest BCUT2D eigenvalue weighted by Crippen LogP contribution is 2.13. The molecule has 2 heterocycles. The van der Waals surface area contributed by atoms with Gasteiger partial charge < -0.3 is 10.1 Å². The number of nitrogens with zero attached hydrogens (tertiary/aromatic N) is 1. The van der Waals surface area contributed by atoms with Crippen molar-refractivity contribution in [3.8, 4) is 0 Å². The third-order valence-corrected chi connectivity index (χ3v) is 3.64. The molecule has 0 bridgehead atoms. The minimum Gasteiger partial charge on any atom is -0.374 e. The van der Waals surface area contributed by atoms with Gasteiger partial charge >= 0.3 is 0 Å². The van der Waals surface area contributed by atoms with Crippen molar-refractivity contribution >= 4 is 10.9 Å². The average molecular weight is 256 g/mol. The minimum absolute atomic E-state index is 0.522. The molecule has 1 fully saturated rings. The Morgan fingerprint density at radius 2 is 2.11 bits per heavy atom. The lowest BCUT2D eigenvalue weighted by Gasteiger charge is -2.23. The van der Waals surface area contributed by atoms with E-state index in [2.05, 4.69) is 28.5 Å². The summed E-state index contributed by atoms with van der Waals surface area (Å²) >= 11 is 0. The molecule has 1 aromatic heterocycles. The van der Waals surface area contributed by atoms with Gasteiger partial charge in [-0.25, -0.2) is 0 Å². The third-order valence-electron chi connectivity index (χ3n) is 3.64. The average Bonchev–Trinajstić information content (AvgIpc) is 2.48. The molecule has 0 spiro atoms. The number of ether oxygens (including phenoxy) is 1. The van der Waals surface area contributed by atoms with Crippen LogP contribution in [-0.4, -0.2) is 24.2 Å². The Balaban J connectivity index is 1.56. The molecule has 1 aliphatic rings. The lowest BCUT2D eigenvalue weighted by atomic mass is 10.1. The summed E-state index contributed by atoms with van der Waals surface area (Å²) in [6, 6.07) is 12.9. The van der Waals surface area contributed by atoms with Crippen molar-refractivity contribution in [1.29, 1.82) is 0 Å². The molecule has 1 unspecified atom stereocenters. The van der Waals surface area contributed by atoms with Crippen molar-refractivity contribution in [2.75, 3.05) is 13.2 Å². The van der Waals surface area contributed by atoms with Gasteiger partial charge in [0.15, 0.2) is 0 Å². The molecule has 1 atom stereocenters. The molecule has 19 heavy (non-hydrogen) atoms. The summed E-state index contributed by atoms with van der Waals surface area (Å²) in [5.41, 5.74) is 2.05. The number of piperidine rings is 1. The number of nitrogens with one attached hydrogen (secondary N) is 1. The Bertz CT molecular complexity index is 535. The summed E-state index contributed by atoms with van der Waals surface area (Å²) in [5.74, 6) is 0. The van der Waals surface area contributed by atoms with Crippen molar-refractivity contribution in [2.24, 2.45) is 0 Å². The molecule has 3 heteroatoms. The van der Waals surface area contributed by atoms with E-state index in [0.29, 0.717) is 12.6 Å². The topological polar surface area (TPSA) is 34.1 Å². The number of fused-ring (bicyclic) bond motifs is 1. The van der Waals surface area contributed by atoms with Crippen LogP contribution < -0.4 is 5.32 Å². The maximum atomic E-state index is 5.78. The van der Waals surface area contributed by atoms with E-state index in [4.69, 9.17) is 4.74 Å². The molecular weight excluding hydrogens is 236 g/mol. The number of rotatable bonds is 4. The fourth-order valence-electron chi connectivity index (χ4n) is 2.56. The van der Waals surface area contributed by atoms with Crippen LogP contribution in [0.15, 0.2) is 36.4 Å². The van der Waals surface area contributed by atoms with Crippen LogP contribution in [-0.2, 0) is 11.3 Å². The first-order valence-corrected chi connectivity index (χ1v) is 7.07. The van der Waals surface area contributed by atoms with Gasteiger partial charge in [0.2, 0.25) is 0 Å². The number of para-hydroxylation sites is 1. The number of hydrogen-bond donors (Lipinski definition) is 1. The maximum Gasteiger partial charge on any atom is 0.0888 e. The van der Waals surface area contributed by atoms with Gasteiger partial charge in [-0.3, -0.25) is 4.98 Å². The Hall–Kier alpha value is -1.45. The molecule has 1 saturated heterocycles. The van der Waals surface area contributed by atoms with E-state index >= 15 is 0 Å². The third kappa shape index (κ3) is 3.31. The normalized spacial score (nSPS) is 19.7. The molecule has 2 aromatic rings. The molecule has 0 saturated carbocycles. The highest BCUT2D eigenvalue weighted by molar-refractivity contribution is 5.78. The molecule has 0 amide bonds. The number of benzene rings is 1. The standard InChI is InChI=1S/C16H20N2O/c1-2-7-16-13(5-1)8-9-15(18-16)12-19-11-14-6-3-4-10-17-14/h1-2,5,7-9,14,17H,3-4,6,10-12H2. The van der Waals surface area contributed by atoms with Crippen LogP contribution in [0.1, 0.15) is 25.0 Å². The number of aromatic nitrogens is 1. The highest BCUT2D eigenvalue weighted by atomic mass is 16.5. The molecule has 3 rings (SSSR count). The fraction of sp³-hybridized carbons (Fsp3) is 0.438. The Labute approximate surface area is 114 Å². The van der Waals surface area contributed by atoms with Gasteiger partial charge in [-0.2, -0.15) is 0 Å². The Kier molecular flexibility index (Phi) is 4.06. The second-order valence-corrected chi connectivity index (χ2v) is 5.16. The van der Waals surface area contributed by atoms with Crippen LogP contribution in [0.4, 0.5) is 0 Å². The molecule has 3 nitrogen and oxygen atoms in total. The van der Waals surface area contributed by atoms with Crippen LogP contribution in [0.5, 0.6) is 0 Å². The highest BCUT2D eigenvalue weighted by Gasteiger charge is 2.12. The summed E-state index contributed by atoms with van der Waals surface area (Å²) in [6.07, 6.45) is 3.84. The smallest absolute Gasteiger partial charge is 0.0888 e. The summed E-state index contributed by atoms with van der Waals surface area (Å²) in [5, 5.41) is 4.67. The zero-order chi connectivity index (χ0) is 12.9. The van der Waals surface area contributed by atoms with E-state index in [-0.39, 0.29) is 0 Å². The first-order chi connectivity index (χ1) is 9.42. The van der Waals surface area contributed by atoms with Crippen LogP contribution in [0.3, 0.4) is 0 Å². The predicted octanol–water partition coefficient (Wildman–Crippen LogP) is 2.89. The summed E-state index contributed by atoms with van der Waals surface area (Å²) in [6.45, 7) is 2.51. The Morgan fingerprint density at radius 1 is 1.16 bits per heavy atom. The fourth-order valence-corrected chi connectivity index (χ4v) is 2.56. The molecule has 0 aliphatic carbocycles. The second-order valence-electron chi connectivity index (χ2n) is 5.16. The van der Waals surface area contributed by atoms with Crippen LogP contribution >= 0.6 is 0 Å². The second kappa shape index (κ2) is 6.13. The van der Waals surface area contributed by atoms with Crippen LogP contribution in [0.2, 0.25) is 0 Å². The summed E-state index contributed by atoms with van der Waals surface area (Å²) in [7, 11) is 0. The first-order valence-electron chi connectivity index (χ1n) is 7.07. The van der Waals surface area contributed by atoms with Crippen molar-refractivity contribution in [3.05, 3.63) is 42.1 Å². The van der Waals surface area contributed by atoms with Crippen LogP contribution in [0.25, 0.3) is 10.9 Å². The van der Waals surface area contributed by atoms with Crippen molar-refractivity contribution in [3.63, 3.8) is 0 Å². The van der Waals surface area contributed by atoms with Crippen molar-refractivity contribution in [1.82, 2.24) is 10.3 Å². The van der Waals surface area contributed by atoms with Gasteiger partial charge in [-0.1, -0.05) is 30.7 Å². The lowest BCUT2D eigenvalue weighted by Crippen LogP contribution is -2.37. The lowest BCUT2D eigenvalue weighted by molar-refractivity contribution is 0.0892. The summed E-state index contributed by atoms with van der Waals surface area (Å²) < 4.78 is 5.78. The Morgan fingerprint density at radius 3 is 3.00 bits per heavy atom. The first kappa shape index (κ1) is 12.6. The van der Waals surface area contributed by atoms with E-state index in [1.165, 1.54) is 24.6 Å². The molecule has 1 aromatic carbocycles. The SMILES string of the molecule is c1ccc2nc(COCC3CCCCN3)ccc2c1. The van der Waals surface area contributed by atoms with E-state index < -0.39 is 0 Å². The van der Waals surface area contributed by atoms with Crippen molar-refractivity contribution in [2.45, 2.75) is 31.9 Å². The number of pyridine rings is 1. The predicted molar refractivity (Wildman–Crippen MR) is 77.0 cm³/mol. The zero-order valence-electron chi connectivity index (χ0n) is 11.1. The largest absolute Gasteiger partial charge is 0.374 e. The van der Waals surface area contributed by atoms with E-state index in [1.54, 1.807) is 0 Å². The van der Waals surface area contributed by atoms with E-state index in [1.807, 2.05) is 18.2 Å². The zero-order valence-corrected chi connectivity index (χ0v) is 11.1. The van der Waals surface area contributed by atoms with Gasteiger partial charge in [0.1, 0.15) is 0 Å². The molecule has 100 valence electrons. The monoisotopic (exact) mass is 256 g/mol. The maximum absolute atomic E-state index is 5.78. The number of hydrogen-bond acceptors (Lipinski definition) is 3. The minimum atomic E-state index is 0.522. The molecular formula is C16H20N2O. The van der Waals surface area contributed by atoms with Gasteiger partial charge in [0.05, 0.1) is 24.4 Å². The van der Waals surface area contributed by atoms with Gasteiger partial charge in [-0.05, 0) is 31.5 Å². The molecule has 1 aliphatic heterocycles. The van der Waals surface area contributed by atoms with E-state index in [9.17, 15) is 0 Å².